The van der Waals surface area contributed by atoms with Crippen molar-refractivity contribution in [3.05, 3.63) is 35.4 Å². The van der Waals surface area contributed by atoms with Gasteiger partial charge in [-0.05, 0) is 61.0 Å². The van der Waals surface area contributed by atoms with Crippen LogP contribution in [0.5, 0.6) is 0 Å². The Balaban J connectivity index is 1.98. The first kappa shape index (κ1) is 9.45. The number of rotatable bonds is 2. The van der Waals surface area contributed by atoms with Crippen LogP contribution in [0.3, 0.4) is 0 Å². The molecule has 0 amide bonds. The van der Waals surface area contributed by atoms with Gasteiger partial charge in [0.1, 0.15) is 0 Å². The van der Waals surface area contributed by atoms with E-state index in [2.05, 4.69) is 31.2 Å². The average Bonchev–Trinajstić information content (AvgIpc) is 2.90. The van der Waals surface area contributed by atoms with Crippen molar-refractivity contribution in [2.45, 2.75) is 50.9 Å². The molecular weight excluding hydrogens is 180 g/mol. The molecule has 2 bridgehead atoms. The van der Waals surface area contributed by atoms with Crippen molar-refractivity contribution in [3.8, 4) is 0 Å². The Morgan fingerprint density at radius 2 is 2.07 bits per heavy atom. The van der Waals surface area contributed by atoms with E-state index in [1.807, 2.05) is 0 Å². The van der Waals surface area contributed by atoms with Gasteiger partial charge in [-0.15, -0.1) is 0 Å². The van der Waals surface area contributed by atoms with E-state index in [-0.39, 0.29) is 0 Å². The van der Waals surface area contributed by atoms with Crippen LogP contribution in [0.1, 0.15) is 50.2 Å². The van der Waals surface area contributed by atoms with Gasteiger partial charge in [0.05, 0.1) is 0 Å². The summed E-state index contributed by atoms with van der Waals surface area (Å²) >= 11 is 0. The van der Waals surface area contributed by atoms with Crippen LogP contribution >= 0.6 is 0 Å². The van der Waals surface area contributed by atoms with E-state index in [4.69, 9.17) is 0 Å². The molecule has 1 aromatic carbocycles. The summed E-state index contributed by atoms with van der Waals surface area (Å²) in [6.07, 6.45) is 8.51. The van der Waals surface area contributed by atoms with Gasteiger partial charge in [-0.2, -0.15) is 0 Å². The van der Waals surface area contributed by atoms with Crippen molar-refractivity contribution >= 4 is 0 Å². The number of aryl methyl sites for hydroxylation is 1. The Morgan fingerprint density at radius 1 is 1.27 bits per heavy atom. The average molecular weight is 200 g/mol. The maximum atomic E-state index is 2.47. The third-order valence-corrected chi connectivity index (χ3v) is 4.69. The summed E-state index contributed by atoms with van der Waals surface area (Å²) in [5.41, 5.74) is 3.75. The predicted octanol–water partition coefficient (Wildman–Crippen LogP) is 4.08. The molecule has 0 saturated heterocycles. The molecule has 0 unspecified atom stereocenters. The summed E-state index contributed by atoms with van der Waals surface area (Å²) in [5.74, 6) is 1.05. The third kappa shape index (κ3) is 1.42. The molecule has 0 atom stereocenters. The van der Waals surface area contributed by atoms with Crippen LogP contribution in [0.2, 0.25) is 0 Å². The zero-order chi connectivity index (χ0) is 10.3. The minimum atomic E-state index is 0.593. The standard InChI is InChI=1S/C15H20/c1-2-12-4-3-5-14(10-12)15-8-6-13(11-15)7-9-15/h3-5,10,13H,2,6-9,11H2,1H3. The quantitative estimate of drug-likeness (QED) is 0.674. The van der Waals surface area contributed by atoms with Crippen LogP contribution in [0.4, 0.5) is 0 Å². The monoisotopic (exact) mass is 200 g/mol. The van der Waals surface area contributed by atoms with Crippen molar-refractivity contribution < 1.29 is 0 Å². The van der Waals surface area contributed by atoms with Crippen LogP contribution in [0, 0.1) is 5.92 Å². The predicted molar refractivity (Wildman–Crippen MR) is 64.1 cm³/mol. The zero-order valence-electron chi connectivity index (χ0n) is 9.63. The first-order valence-electron chi connectivity index (χ1n) is 6.42. The third-order valence-electron chi connectivity index (χ3n) is 4.69. The Morgan fingerprint density at radius 3 is 2.67 bits per heavy atom. The lowest BCUT2D eigenvalue weighted by Crippen LogP contribution is -2.19. The number of hydrogen-bond acceptors (Lipinski definition) is 0. The first-order chi connectivity index (χ1) is 7.32. The van der Waals surface area contributed by atoms with E-state index < -0.39 is 0 Å². The van der Waals surface area contributed by atoms with Gasteiger partial charge in [-0.1, -0.05) is 31.2 Å². The molecule has 0 heterocycles. The Kier molecular flexibility index (Phi) is 2.12. The summed E-state index contributed by atoms with van der Waals surface area (Å²) in [6, 6.07) is 9.36. The van der Waals surface area contributed by atoms with E-state index in [9.17, 15) is 0 Å². The number of fused-ring (bicyclic) bond motifs is 2. The van der Waals surface area contributed by atoms with Crippen molar-refractivity contribution in [1.82, 2.24) is 0 Å². The summed E-state index contributed by atoms with van der Waals surface area (Å²) < 4.78 is 0. The summed E-state index contributed by atoms with van der Waals surface area (Å²) in [7, 11) is 0. The van der Waals surface area contributed by atoms with Gasteiger partial charge >= 0.3 is 0 Å². The van der Waals surface area contributed by atoms with Gasteiger partial charge in [-0.3, -0.25) is 0 Å². The van der Waals surface area contributed by atoms with Gasteiger partial charge < -0.3 is 0 Å². The van der Waals surface area contributed by atoms with E-state index >= 15 is 0 Å². The second-order valence-corrected chi connectivity index (χ2v) is 5.48. The molecule has 0 N–H and O–H groups in total. The maximum Gasteiger partial charge on any atom is -0.00440 e. The van der Waals surface area contributed by atoms with Gasteiger partial charge in [0.2, 0.25) is 0 Å². The van der Waals surface area contributed by atoms with Gasteiger partial charge in [0.25, 0.3) is 0 Å². The number of hydrogen-bond donors (Lipinski definition) is 0. The van der Waals surface area contributed by atoms with Crippen molar-refractivity contribution in [1.29, 1.82) is 0 Å². The first-order valence-corrected chi connectivity index (χ1v) is 6.42. The van der Waals surface area contributed by atoms with E-state index in [0.717, 1.165) is 5.92 Å². The van der Waals surface area contributed by atoms with Gasteiger partial charge in [0, 0.05) is 0 Å². The lowest BCUT2D eigenvalue weighted by atomic mass is 9.77. The molecule has 2 saturated carbocycles. The molecule has 2 aliphatic rings. The van der Waals surface area contributed by atoms with E-state index in [1.165, 1.54) is 44.1 Å². The smallest absolute Gasteiger partial charge is 0.00440 e. The second-order valence-electron chi connectivity index (χ2n) is 5.48. The molecule has 2 aliphatic carbocycles. The molecule has 0 spiro atoms. The van der Waals surface area contributed by atoms with E-state index in [1.54, 1.807) is 5.56 Å². The maximum absolute atomic E-state index is 2.47. The van der Waals surface area contributed by atoms with Crippen LogP contribution in [0.25, 0.3) is 0 Å². The molecule has 80 valence electrons. The van der Waals surface area contributed by atoms with E-state index in [0.29, 0.717) is 5.41 Å². The van der Waals surface area contributed by atoms with Crippen LogP contribution in [0.15, 0.2) is 24.3 Å². The molecular formula is C15H20. The molecule has 15 heavy (non-hydrogen) atoms. The van der Waals surface area contributed by atoms with Gasteiger partial charge in [-0.25, -0.2) is 0 Å². The molecule has 3 rings (SSSR count). The van der Waals surface area contributed by atoms with Crippen molar-refractivity contribution in [3.63, 3.8) is 0 Å². The van der Waals surface area contributed by atoms with Crippen molar-refractivity contribution in [2.24, 2.45) is 5.92 Å². The highest BCUT2D eigenvalue weighted by Crippen LogP contribution is 2.55. The fourth-order valence-corrected chi connectivity index (χ4v) is 3.72. The molecule has 2 fully saturated rings. The Bertz CT molecular complexity index is 356. The van der Waals surface area contributed by atoms with Crippen LogP contribution < -0.4 is 0 Å². The highest BCUT2D eigenvalue weighted by molar-refractivity contribution is 5.33. The minimum absolute atomic E-state index is 0.593. The summed E-state index contributed by atoms with van der Waals surface area (Å²) in [4.78, 5) is 0. The molecule has 1 aromatic rings. The van der Waals surface area contributed by atoms with Crippen LogP contribution in [-0.2, 0) is 11.8 Å². The normalized spacial score (nSPS) is 33.5. The van der Waals surface area contributed by atoms with Gasteiger partial charge in [0.15, 0.2) is 0 Å². The molecule has 0 radical (unpaired) electrons. The molecule has 0 aliphatic heterocycles. The fourth-order valence-electron chi connectivity index (χ4n) is 3.72. The lowest BCUT2D eigenvalue weighted by molar-refractivity contribution is 0.418. The SMILES string of the molecule is CCc1cccc(C23CCC(CC2)C3)c1. The second kappa shape index (κ2) is 3.37. The zero-order valence-corrected chi connectivity index (χ0v) is 9.63. The molecule has 0 aromatic heterocycles. The largest absolute Gasteiger partial charge is 0.0617 e. The summed E-state index contributed by atoms with van der Waals surface area (Å²) in [6.45, 7) is 2.25. The fraction of sp³-hybridized carbons (Fsp3) is 0.600. The highest BCUT2D eigenvalue weighted by Gasteiger charge is 2.45. The Labute approximate surface area is 92.7 Å². The lowest BCUT2D eigenvalue weighted by Gasteiger charge is -2.27. The summed E-state index contributed by atoms with van der Waals surface area (Å²) in [5, 5.41) is 0. The molecule has 0 nitrogen and oxygen atoms in total. The van der Waals surface area contributed by atoms with Crippen LogP contribution in [-0.4, -0.2) is 0 Å². The Hall–Kier alpha value is -0.780. The highest BCUT2D eigenvalue weighted by atomic mass is 14.5. The van der Waals surface area contributed by atoms with Crippen molar-refractivity contribution in [2.75, 3.05) is 0 Å². The number of benzene rings is 1. The molecule has 0 heteroatoms. The topological polar surface area (TPSA) is 0 Å². The minimum Gasteiger partial charge on any atom is -0.0617 e.